The molecule has 0 unspecified atom stereocenters. The van der Waals surface area contributed by atoms with Crippen molar-refractivity contribution < 1.29 is 4.92 Å². The molecule has 8 nitrogen and oxygen atoms in total. The van der Waals surface area contributed by atoms with E-state index in [9.17, 15) is 15.4 Å². The number of nitro groups is 1. The minimum Gasteiger partial charge on any atom is -0.339 e. The molecule has 0 amide bonds. The lowest BCUT2D eigenvalue weighted by molar-refractivity contribution is -0.385. The molecule has 3 rings (SSSR count). The fourth-order valence-corrected chi connectivity index (χ4v) is 2.64. The number of anilines is 2. The average Bonchev–Trinajstić information content (AvgIpc) is 2.91. The highest BCUT2D eigenvalue weighted by atomic mass is 16.6. The highest BCUT2D eigenvalue weighted by Crippen LogP contribution is 2.27. The zero-order valence-corrected chi connectivity index (χ0v) is 14.5. The van der Waals surface area contributed by atoms with Crippen LogP contribution in [0.25, 0.3) is 11.3 Å². The SMILES string of the molecule is Cc1ccc(Nc2nccc(-c3cc(C)n(C)c3C#N)n2)cc1[N+](=O)[O-]. The predicted octanol–water partition coefficient (Wildman–Crippen LogP) is 3.62. The van der Waals surface area contributed by atoms with Gasteiger partial charge in [-0.05, 0) is 32.0 Å². The number of benzene rings is 1. The molecule has 0 aliphatic rings. The van der Waals surface area contributed by atoms with Gasteiger partial charge in [0.15, 0.2) is 0 Å². The van der Waals surface area contributed by atoms with Crippen LogP contribution in [0.4, 0.5) is 17.3 Å². The van der Waals surface area contributed by atoms with E-state index in [1.165, 1.54) is 6.07 Å². The third-order valence-corrected chi connectivity index (χ3v) is 4.17. The van der Waals surface area contributed by atoms with Crippen LogP contribution in [-0.4, -0.2) is 19.5 Å². The first-order valence-corrected chi connectivity index (χ1v) is 7.82. The Hall–Kier alpha value is -3.73. The van der Waals surface area contributed by atoms with Gasteiger partial charge in [0.2, 0.25) is 5.95 Å². The van der Waals surface area contributed by atoms with Crippen molar-refractivity contribution in [3.05, 3.63) is 63.6 Å². The molecular weight excluding hydrogens is 332 g/mol. The Morgan fingerprint density at radius 3 is 2.73 bits per heavy atom. The summed E-state index contributed by atoms with van der Waals surface area (Å²) in [6.07, 6.45) is 1.58. The molecule has 0 aliphatic heterocycles. The van der Waals surface area contributed by atoms with Gasteiger partial charge in [0, 0.05) is 41.8 Å². The molecule has 0 bridgehead atoms. The van der Waals surface area contributed by atoms with Gasteiger partial charge in [0.1, 0.15) is 11.8 Å². The number of hydrogen-bond acceptors (Lipinski definition) is 6. The van der Waals surface area contributed by atoms with E-state index in [1.54, 1.807) is 35.9 Å². The second-order valence-electron chi connectivity index (χ2n) is 5.87. The molecule has 0 saturated carbocycles. The summed E-state index contributed by atoms with van der Waals surface area (Å²) in [5.74, 6) is 0.297. The zero-order valence-electron chi connectivity index (χ0n) is 14.5. The minimum absolute atomic E-state index is 0.0246. The topological polar surface area (TPSA) is 110 Å². The molecule has 26 heavy (non-hydrogen) atoms. The summed E-state index contributed by atoms with van der Waals surface area (Å²) in [5.41, 5.74) is 3.89. The van der Waals surface area contributed by atoms with Gasteiger partial charge in [-0.2, -0.15) is 5.26 Å². The van der Waals surface area contributed by atoms with Crippen LogP contribution < -0.4 is 5.32 Å². The van der Waals surface area contributed by atoms with Crippen molar-refractivity contribution in [2.75, 3.05) is 5.32 Å². The zero-order chi connectivity index (χ0) is 18.8. The van der Waals surface area contributed by atoms with Gasteiger partial charge in [-0.15, -0.1) is 0 Å². The summed E-state index contributed by atoms with van der Waals surface area (Å²) in [4.78, 5) is 19.3. The molecule has 130 valence electrons. The van der Waals surface area contributed by atoms with Gasteiger partial charge in [-0.3, -0.25) is 10.1 Å². The first-order chi connectivity index (χ1) is 12.4. The molecule has 2 aromatic heterocycles. The quantitative estimate of drug-likeness (QED) is 0.569. The van der Waals surface area contributed by atoms with Crippen LogP contribution >= 0.6 is 0 Å². The van der Waals surface area contributed by atoms with Crippen molar-refractivity contribution in [3.63, 3.8) is 0 Å². The first kappa shape index (κ1) is 17.1. The van der Waals surface area contributed by atoms with E-state index >= 15 is 0 Å². The number of aromatic nitrogens is 3. The van der Waals surface area contributed by atoms with Gasteiger partial charge in [-0.25, -0.2) is 9.97 Å². The molecule has 8 heteroatoms. The van der Waals surface area contributed by atoms with Crippen molar-refractivity contribution in [1.82, 2.24) is 14.5 Å². The van der Waals surface area contributed by atoms with Crippen LogP contribution in [-0.2, 0) is 7.05 Å². The summed E-state index contributed by atoms with van der Waals surface area (Å²) in [6.45, 7) is 3.59. The molecular formula is C18H16N6O2. The molecule has 0 saturated heterocycles. The van der Waals surface area contributed by atoms with Gasteiger partial charge in [-0.1, -0.05) is 6.07 Å². The molecule has 0 radical (unpaired) electrons. The molecule has 3 aromatic rings. The van der Waals surface area contributed by atoms with E-state index in [0.29, 0.717) is 34.2 Å². The van der Waals surface area contributed by atoms with E-state index in [4.69, 9.17) is 0 Å². The normalized spacial score (nSPS) is 10.4. The number of aryl methyl sites for hydroxylation is 2. The van der Waals surface area contributed by atoms with Crippen LogP contribution in [0, 0.1) is 35.3 Å². The van der Waals surface area contributed by atoms with Crippen molar-refractivity contribution in [2.24, 2.45) is 7.05 Å². The Morgan fingerprint density at radius 1 is 1.27 bits per heavy atom. The highest BCUT2D eigenvalue weighted by molar-refractivity contribution is 5.69. The molecule has 1 aromatic carbocycles. The Morgan fingerprint density at radius 2 is 2.04 bits per heavy atom. The Balaban J connectivity index is 1.97. The molecule has 1 N–H and O–H groups in total. The molecule has 0 atom stereocenters. The minimum atomic E-state index is -0.427. The Bertz CT molecular complexity index is 1050. The predicted molar refractivity (Wildman–Crippen MR) is 97.0 cm³/mol. The van der Waals surface area contributed by atoms with Crippen LogP contribution in [0.2, 0.25) is 0 Å². The van der Waals surface area contributed by atoms with Crippen molar-refractivity contribution in [1.29, 1.82) is 5.26 Å². The van der Waals surface area contributed by atoms with Crippen LogP contribution in [0.15, 0.2) is 36.5 Å². The van der Waals surface area contributed by atoms with Crippen molar-refractivity contribution in [2.45, 2.75) is 13.8 Å². The summed E-state index contributed by atoms with van der Waals surface area (Å²) < 4.78 is 1.80. The molecule has 2 heterocycles. The maximum absolute atomic E-state index is 11.1. The van der Waals surface area contributed by atoms with Crippen LogP contribution in [0.1, 0.15) is 17.0 Å². The second-order valence-corrected chi connectivity index (χ2v) is 5.87. The van der Waals surface area contributed by atoms with Gasteiger partial charge < -0.3 is 9.88 Å². The third-order valence-electron chi connectivity index (χ3n) is 4.17. The van der Waals surface area contributed by atoms with Gasteiger partial charge >= 0.3 is 0 Å². The standard InChI is InChI=1S/C18H16N6O2/c1-11-4-5-13(9-16(11)24(25)26)21-18-20-7-6-15(22-18)14-8-12(2)23(3)17(14)10-19/h4-9H,1-3H3,(H,20,21,22). The number of nitriles is 1. The number of nitrogens with zero attached hydrogens (tertiary/aromatic N) is 5. The molecule has 0 fully saturated rings. The fourth-order valence-electron chi connectivity index (χ4n) is 2.64. The number of rotatable bonds is 4. The summed E-state index contributed by atoms with van der Waals surface area (Å²) in [5, 5.41) is 23.5. The molecule has 0 spiro atoms. The van der Waals surface area contributed by atoms with Gasteiger partial charge in [0.05, 0.1) is 10.6 Å². The molecule has 0 aliphatic carbocycles. The summed E-state index contributed by atoms with van der Waals surface area (Å²) in [6, 6.07) is 10.6. The van der Waals surface area contributed by atoms with E-state index < -0.39 is 4.92 Å². The van der Waals surface area contributed by atoms with E-state index in [1.807, 2.05) is 20.0 Å². The monoisotopic (exact) mass is 348 g/mol. The lowest BCUT2D eigenvalue weighted by Gasteiger charge is -2.07. The number of nitrogens with one attached hydrogen (secondary N) is 1. The van der Waals surface area contributed by atoms with Crippen LogP contribution in [0.3, 0.4) is 0 Å². The van der Waals surface area contributed by atoms with Gasteiger partial charge in [0.25, 0.3) is 5.69 Å². The summed E-state index contributed by atoms with van der Waals surface area (Å²) >= 11 is 0. The maximum atomic E-state index is 11.1. The second kappa shape index (κ2) is 6.64. The third kappa shape index (κ3) is 3.10. The Labute approximate surface area is 149 Å². The van der Waals surface area contributed by atoms with E-state index in [-0.39, 0.29) is 5.69 Å². The highest BCUT2D eigenvalue weighted by Gasteiger charge is 2.15. The van der Waals surface area contributed by atoms with Crippen LogP contribution in [0.5, 0.6) is 0 Å². The van der Waals surface area contributed by atoms with E-state index in [0.717, 1.165) is 5.69 Å². The number of hydrogen-bond donors (Lipinski definition) is 1. The van der Waals surface area contributed by atoms with Crippen molar-refractivity contribution >= 4 is 17.3 Å². The maximum Gasteiger partial charge on any atom is 0.274 e. The van der Waals surface area contributed by atoms with E-state index in [2.05, 4.69) is 21.4 Å². The Kier molecular flexibility index (Phi) is 4.37. The smallest absolute Gasteiger partial charge is 0.274 e. The average molecular weight is 348 g/mol. The van der Waals surface area contributed by atoms with Crippen molar-refractivity contribution in [3.8, 4) is 17.3 Å². The first-order valence-electron chi connectivity index (χ1n) is 7.82. The number of nitro benzene ring substituents is 1. The summed E-state index contributed by atoms with van der Waals surface area (Å²) in [7, 11) is 1.82. The fraction of sp³-hybridized carbons (Fsp3) is 0.167. The lowest BCUT2D eigenvalue weighted by Crippen LogP contribution is -2.00. The lowest BCUT2D eigenvalue weighted by atomic mass is 10.1. The largest absolute Gasteiger partial charge is 0.339 e.